The van der Waals surface area contributed by atoms with Gasteiger partial charge in [0.15, 0.2) is 0 Å². The van der Waals surface area contributed by atoms with Gasteiger partial charge in [-0.3, -0.25) is 9.59 Å². The molecule has 0 aliphatic carbocycles. The van der Waals surface area contributed by atoms with Crippen molar-refractivity contribution in [3.8, 4) is 6.07 Å². The molecule has 1 saturated heterocycles. The molecule has 2 aliphatic heterocycles. The third kappa shape index (κ3) is 4.41. The van der Waals surface area contributed by atoms with Gasteiger partial charge in [-0.15, -0.1) is 0 Å². The molecule has 0 spiro atoms. The van der Waals surface area contributed by atoms with Crippen molar-refractivity contribution in [2.24, 2.45) is 0 Å². The maximum absolute atomic E-state index is 12.8. The van der Waals surface area contributed by atoms with E-state index >= 15 is 0 Å². The number of benzene rings is 1. The number of carbonyl (C=O) groups is 2. The van der Waals surface area contributed by atoms with Gasteiger partial charge in [-0.2, -0.15) is 5.26 Å². The lowest BCUT2D eigenvalue weighted by Gasteiger charge is -2.39. The number of hydrogen-bond acceptors (Lipinski definition) is 4. The van der Waals surface area contributed by atoms with Gasteiger partial charge in [0.2, 0.25) is 11.8 Å². The summed E-state index contributed by atoms with van der Waals surface area (Å²) in [6.07, 6.45) is 3.46. The molecule has 0 aromatic heterocycles. The summed E-state index contributed by atoms with van der Waals surface area (Å²) in [4.78, 5) is 27.1. The normalized spacial score (nSPS) is 25.3. The maximum atomic E-state index is 12.8. The van der Waals surface area contributed by atoms with Crippen LogP contribution >= 0.6 is 11.8 Å². The molecular formula is C22H27N3O2S. The molecule has 1 N–H and O–H groups in total. The molecule has 1 fully saturated rings. The third-order valence-corrected chi connectivity index (χ3v) is 6.66. The zero-order valence-electron chi connectivity index (χ0n) is 16.7. The minimum atomic E-state index is -0.259. The Morgan fingerprint density at radius 3 is 2.50 bits per heavy atom. The molecule has 3 rings (SSSR count). The van der Waals surface area contributed by atoms with Crippen molar-refractivity contribution in [3.63, 3.8) is 0 Å². The van der Waals surface area contributed by atoms with Gasteiger partial charge in [-0.25, -0.2) is 0 Å². The smallest absolute Gasteiger partial charge is 0.233 e. The van der Waals surface area contributed by atoms with E-state index in [4.69, 9.17) is 0 Å². The summed E-state index contributed by atoms with van der Waals surface area (Å²) in [7, 11) is 0. The van der Waals surface area contributed by atoms with E-state index in [1.165, 1.54) is 11.8 Å². The Labute approximate surface area is 171 Å². The van der Waals surface area contributed by atoms with Crippen LogP contribution in [0.3, 0.4) is 0 Å². The monoisotopic (exact) mass is 397 g/mol. The first-order valence-electron chi connectivity index (χ1n) is 9.85. The molecule has 28 heavy (non-hydrogen) atoms. The molecule has 1 aromatic rings. The number of amides is 2. The molecule has 0 saturated carbocycles. The van der Waals surface area contributed by atoms with Gasteiger partial charge < -0.3 is 10.2 Å². The van der Waals surface area contributed by atoms with Crippen molar-refractivity contribution in [2.45, 2.75) is 64.5 Å². The van der Waals surface area contributed by atoms with Crippen LogP contribution in [-0.4, -0.2) is 34.6 Å². The zero-order valence-corrected chi connectivity index (χ0v) is 17.5. The molecule has 2 heterocycles. The van der Waals surface area contributed by atoms with Gasteiger partial charge in [0.05, 0.1) is 22.4 Å². The lowest BCUT2D eigenvalue weighted by atomic mass is 9.87. The maximum Gasteiger partial charge on any atom is 0.233 e. The second kappa shape index (κ2) is 8.83. The Hall–Kier alpha value is -2.26. The van der Waals surface area contributed by atoms with Crippen molar-refractivity contribution in [2.75, 3.05) is 5.75 Å². The highest BCUT2D eigenvalue weighted by molar-refractivity contribution is 8.03. The van der Waals surface area contributed by atoms with E-state index in [0.29, 0.717) is 10.6 Å². The second-order valence-corrected chi connectivity index (χ2v) is 8.77. The summed E-state index contributed by atoms with van der Waals surface area (Å²) in [6.45, 7) is 6.19. The summed E-state index contributed by atoms with van der Waals surface area (Å²) in [5, 5.41) is 13.1. The van der Waals surface area contributed by atoms with E-state index in [9.17, 15) is 14.9 Å². The van der Waals surface area contributed by atoms with Gasteiger partial charge in [0, 0.05) is 24.4 Å². The minimum absolute atomic E-state index is 0.0706. The Kier molecular flexibility index (Phi) is 6.46. The lowest BCUT2D eigenvalue weighted by Crippen LogP contribution is -2.48. The van der Waals surface area contributed by atoms with Crippen molar-refractivity contribution in [1.29, 1.82) is 5.26 Å². The SMILES string of the molecule is Cc1ccc([C@@H]2CC(=O)NC(SCC(=O)N3[C@H](C)CCC[C@@H]3C)=C2C#N)cc1. The fourth-order valence-electron chi connectivity index (χ4n) is 4.14. The van der Waals surface area contributed by atoms with E-state index in [2.05, 4.69) is 25.2 Å². The van der Waals surface area contributed by atoms with Crippen LogP contribution in [0.25, 0.3) is 0 Å². The van der Waals surface area contributed by atoms with Crippen LogP contribution in [0.4, 0.5) is 0 Å². The van der Waals surface area contributed by atoms with E-state index in [-0.39, 0.29) is 42.0 Å². The highest BCUT2D eigenvalue weighted by Crippen LogP contribution is 2.36. The average molecular weight is 398 g/mol. The third-order valence-electron chi connectivity index (χ3n) is 5.66. The van der Waals surface area contributed by atoms with E-state index in [0.717, 1.165) is 30.4 Å². The van der Waals surface area contributed by atoms with Crippen molar-refractivity contribution in [3.05, 3.63) is 46.0 Å². The first-order chi connectivity index (χ1) is 13.4. The Morgan fingerprint density at radius 1 is 1.25 bits per heavy atom. The number of carbonyl (C=O) groups excluding carboxylic acids is 2. The fraction of sp³-hybridized carbons (Fsp3) is 0.500. The van der Waals surface area contributed by atoms with Crippen LogP contribution in [0.2, 0.25) is 0 Å². The summed E-state index contributed by atoms with van der Waals surface area (Å²) >= 11 is 1.28. The van der Waals surface area contributed by atoms with Crippen molar-refractivity contribution >= 4 is 23.6 Å². The molecule has 6 heteroatoms. The molecule has 3 atom stereocenters. The highest BCUT2D eigenvalue weighted by Gasteiger charge is 2.32. The number of rotatable bonds is 4. The molecule has 2 amide bonds. The minimum Gasteiger partial charge on any atom is -0.337 e. The van der Waals surface area contributed by atoms with Crippen LogP contribution in [0.5, 0.6) is 0 Å². The molecule has 2 aliphatic rings. The van der Waals surface area contributed by atoms with Crippen molar-refractivity contribution in [1.82, 2.24) is 10.2 Å². The molecule has 1 aromatic carbocycles. The first-order valence-corrected chi connectivity index (χ1v) is 10.8. The van der Waals surface area contributed by atoms with Gasteiger partial charge in [-0.1, -0.05) is 41.6 Å². The van der Waals surface area contributed by atoms with Crippen LogP contribution in [0.15, 0.2) is 34.9 Å². The van der Waals surface area contributed by atoms with E-state index < -0.39 is 0 Å². The summed E-state index contributed by atoms with van der Waals surface area (Å²) in [5.41, 5.74) is 2.64. The van der Waals surface area contributed by atoms with E-state index in [1.807, 2.05) is 36.1 Å². The number of thioether (sulfide) groups is 1. The largest absolute Gasteiger partial charge is 0.337 e. The second-order valence-electron chi connectivity index (χ2n) is 7.79. The van der Waals surface area contributed by atoms with Crippen LogP contribution in [-0.2, 0) is 9.59 Å². The van der Waals surface area contributed by atoms with E-state index in [1.54, 1.807) is 0 Å². The topological polar surface area (TPSA) is 73.2 Å². The predicted octanol–water partition coefficient (Wildman–Crippen LogP) is 3.86. The summed E-state index contributed by atoms with van der Waals surface area (Å²) in [5.74, 6) is -0.0685. The number of allylic oxidation sites excluding steroid dienone is 1. The molecule has 0 unspecified atom stereocenters. The average Bonchev–Trinajstić information content (AvgIpc) is 2.66. The molecule has 5 nitrogen and oxygen atoms in total. The number of hydrogen-bond donors (Lipinski definition) is 1. The van der Waals surface area contributed by atoms with Gasteiger partial charge in [0.25, 0.3) is 0 Å². The van der Waals surface area contributed by atoms with Crippen LogP contribution < -0.4 is 5.32 Å². The standard InChI is InChI=1S/C22H27N3O2S/c1-14-7-9-17(10-8-14)18-11-20(26)24-22(19(18)12-23)28-13-21(27)25-15(2)5-4-6-16(25)3/h7-10,15-16,18H,4-6,11,13H2,1-3H3,(H,24,26)/t15-,16+,18-/m0/s1. The molecular weight excluding hydrogens is 370 g/mol. The first kappa shape index (κ1) is 20.5. The van der Waals surface area contributed by atoms with Gasteiger partial charge in [-0.05, 0) is 45.6 Å². The van der Waals surface area contributed by atoms with Crippen LogP contribution in [0, 0.1) is 18.3 Å². The van der Waals surface area contributed by atoms with Gasteiger partial charge in [0.1, 0.15) is 0 Å². The number of aryl methyl sites for hydroxylation is 1. The summed E-state index contributed by atoms with van der Waals surface area (Å²) < 4.78 is 0. The van der Waals surface area contributed by atoms with Gasteiger partial charge >= 0.3 is 0 Å². The van der Waals surface area contributed by atoms with Crippen molar-refractivity contribution < 1.29 is 9.59 Å². The fourth-order valence-corrected chi connectivity index (χ4v) is 5.08. The molecule has 148 valence electrons. The number of likely N-dealkylation sites (tertiary alicyclic amines) is 1. The Balaban J connectivity index is 1.78. The number of nitrogens with zero attached hydrogens (tertiary/aromatic N) is 2. The Morgan fingerprint density at radius 2 is 1.89 bits per heavy atom. The quantitative estimate of drug-likeness (QED) is 0.837. The van der Waals surface area contributed by atoms with Crippen LogP contribution in [0.1, 0.15) is 56.6 Å². The number of piperidine rings is 1. The number of nitrogens with one attached hydrogen (secondary N) is 1. The number of nitriles is 1. The molecule has 0 radical (unpaired) electrons. The molecule has 0 bridgehead atoms. The Bertz CT molecular complexity index is 815. The summed E-state index contributed by atoms with van der Waals surface area (Å²) in [6, 6.07) is 10.7. The zero-order chi connectivity index (χ0) is 20.3. The highest BCUT2D eigenvalue weighted by atomic mass is 32.2. The predicted molar refractivity (Wildman–Crippen MR) is 111 cm³/mol. The lowest BCUT2D eigenvalue weighted by molar-refractivity contribution is -0.134.